The van der Waals surface area contributed by atoms with E-state index in [0.29, 0.717) is 11.1 Å². The van der Waals surface area contributed by atoms with E-state index >= 15 is 0 Å². The minimum atomic E-state index is -3.60. The summed E-state index contributed by atoms with van der Waals surface area (Å²) in [6.45, 7) is 2.09. The third-order valence-corrected chi connectivity index (χ3v) is 4.39. The molecule has 1 aromatic carbocycles. The summed E-state index contributed by atoms with van der Waals surface area (Å²) < 4.78 is 26.8. The van der Waals surface area contributed by atoms with Gasteiger partial charge < -0.3 is 0 Å². The Labute approximate surface area is 136 Å². The third-order valence-electron chi connectivity index (χ3n) is 3.19. The molecular formula is C16H18N4O2S. The summed E-state index contributed by atoms with van der Waals surface area (Å²) in [6.07, 6.45) is 4.39. The minimum Gasteiger partial charge on any atom is -0.251 e. The summed E-state index contributed by atoms with van der Waals surface area (Å²) in [5, 5.41) is 8.75. The average molecular weight is 330 g/mol. The number of aromatic nitrogens is 2. The van der Waals surface area contributed by atoms with Gasteiger partial charge in [0.25, 0.3) is 0 Å². The molecule has 0 fully saturated rings. The fraction of sp³-hybridized carbons (Fsp3) is 0.312. The second kappa shape index (κ2) is 7.70. The third kappa shape index (κ3) is 5.34. The number of hydrogen-bond donors (Lipinski definition) is 1. The molecule has 0 aliphatic carbocycles. The molecule has 1 heterocycles. The molecule has 0 unspecified atom stereocenters. The van der Waals surface area contributed by atoms with Crippen LogP contribution in [0.1, 0.15) is 36.6 Å². The average Bonchev–Trinajstić information content (AvgIpc) is 2.53. The minimum absolute atomic E-state index is 0.0900. The molecule has 1 N–H and O–H groups in total. The lowest BCUT2D eigenvalue weighted by Crippen LogP contribution is -2.17. The Morgan fingerprint density at radius 2 is 1.96 bits per heavy atom. The zero-order valence-corrected chi connectivity index (χ0v) is 13.7. The van der Waals surface area contributed by atoms with E-state index in [0.717, 1.165) is 25.0 Å². The van der Waals surface area contributed by atoms with Crippen molar-refractivity contribution in [3.8, 4) is 6.07 Å². The largest absolute Gasteiger partial charge is 0.251 e. The van der Waals surface area contributed by atoms with Gasteiger partial charge in [0.05, 0.1) is 17.4 Å². The van der Waals surface area contributed by atoms with E-state index < -0.39 is 10.0 Å². The van der Waals surface area contributed by atoms with Gasteiger partial charge in [0, 0.05) is 11.9 Å². The first-order valence-electron chi connectivity index (χ1n) is 7.34. The molecule has 0 saturated heterocycles. The van der Waals surface area contributed by atoms with E-state index in [2.05, 4.69) is 21.6 Å². The van der Waals surface area contributed by atoms with Gasteiger partial charge in [0.15, 0.2) is 0 Å². The van der Waals surface area contributed by atoms with Crippen molar-refractivity contribution in [3.05, 3.63) is 53.3 Å². The maximum Gasteiger partial charge on any atom is 0.239 e. The number of aryl methyl sites for hydroxylation is 1. The number of nitrogens with zero attached hydrogens (tertiary/aromatic N) is 3. The van der Waals surface area contributed by atoms with Crippen molar-refractivity contribution in [1.29, 1.82) is 5.26 Å². The number of rotatable bonds is 7. The molecule has 0 aliphatic rings. The first-order chi connectivity index (χ1) is 11.0. The van der Waals surface area contributed by atoms with Gasteiger partial charge in [0.1, 0.15) is 0 Å². The van der Waals surface area contributed by atoms with Crippen LogP contribution in [-0.2, 0) is 22.2 Å². The molecule has 0 atom stereocenters. The van der Waals surface area contributed by atoms with Gasteiger partial charge in [0.2, 0.25) is 16.0 Å². The summed E-state index contributed by atoms with van der Waals surface area (Å²) in [5.74, 6) is -0.103. The SMILES string of the molecule is CCCCc1ccnc(NS(=O)(=O)Cc2ccc(C#N)cc2)n1. The van der Waals surface area contributed by atoms with Crippen molar-refractivity contribution >= 4 is 16.0 Å². The molecule has 0 saturated carbocycles. The summed E-state index contributed by atoms with van der Waals surface area (Å²) >= 11 is 0. The number of hydrogen-bond acceptors (Lipinski definition) is 5. The molecule has 1 aromatic heterocycles. The van der Waals surface area contributed by atoms with Crippen LogP contribution >= 0.6 is 0 Å². The standard InChI is InChI=1S/C16H18N4O2S/c1-2-3-4-15-9-10-18-16(19-15)20-23(21,22)12-14-7-5-13(11-17)6-8-14/h5-10H,2-4,12H2,1H3,(H,18,19,20). The lowest BCUT2D eigenvalue weighted by Gasteiger charge is -2.08. The molecule has 0 radical (unpaired) electrons. The van der Waals surface area contributed by atoms with Gasteiger partial charge in [-0.05, 0) is 36.6 Å². The van der Waals surface area contributed by atoms with Crippen LogP contribution in [-0.4, -0.2) is 18.4 Å². The highest BCUT2D eigenvalue weighted by molar-refractivity contribution is 7.91. The molecule has 6 nitrogen and oxygen atoms in total. The molecule has 0 amide bonds. The number of anilines is 1. The van der Waals surface area contributed by atoms with Gasteiger partial charge in [-0.2, -0.15) is 5.26 Å². The van der Waals surface area contributed by atoms with Crippen LogP contribution in [0.4, 0.5) is 5.95 Å². The van der Waals surface area contributed by atoms with E-state index in [1.165, 1.54) is 0 Å². The van der Waals surface area contributed by atoms with Crippen LogP contribution in [0.15, 0.2) is 36.5 Å². The molecule has 0 bridgehead atoms. The monoisotopic (exact) mass is 330 g/mol. The Hall–Kier alpha value is -2.46. The molecular weight excluding hydrogens is 312 g/mol. The number of sulfonamides is 1. The number of nitrogens with one attached hydrogen (secondary N) is 1. The highest BCUT2D eigenvalue weighted by Gasteiger charge is 2.13. The number of benzene rings is 1. The van der Waals surface area contributed by atoms with Crippen LogP contribution in [0.3, 0.4) is 0 Å². The molecule has 0 aliphatic heterocycles. The predicted molar refractivity (Wildman–Crippen MR) is 88.0 cm³/mol. The lowest BCUT2D eigenvalue weighted by atomic mass is 10.2. The van der Waals surface area contributed by atoms with Crippen LogP contribution in [0, 0.1) is 11.3 Å². The van der Waals surface area contributed by atoms with Gasteiger partial charge >= 0.3 is 0 Å². The van der Waals surface area contributed by atoms with Crippen molar-refractivity contribution in [2.45, 2.75) is 31.9 Å². The fourth-order valence-electron chi connectivity index (χ4n) is 2.01. The van der Waals surface area contributed by atoms with Crippen molar-refractivity contribution in [2.75, 3.05) is 4.72 Å². The van der Waals surface area contributed by atoms with E-state index in [1.807, 2.05) is 6.07 Å². The Balaban J connectivity index is 2.06. The molecule has 120 valence electrons. The second-order valence-electron chi connectivity index (χ2n) is 5.15. The summed E-state index contributed by atoms with van der Waals surface area (Å²) in [5.41, 5.74) is 1.91. The zero-order valence-electron chi connectivity index (χ0n) is 12.9. The smallest absolute Gasteiger partial charge is 0.239 e. The Morgan fingerprint density at radius 3 is 2.61 bits per heavy atom. The van der Waals surface area contributed by atoms with Crippen LogP contribution in [0.5, 0.6) is 0 Å². The first kappa shape index (κ1) is 16.9. The molecule has 23 heavy (non-hydrogen) atoms. The highest BCUT2D eigenvalue weighted by Crippen LogP contribution is 2.11. The maximum absolute atomic E-state index is 12.2. The van der Waals surface area contributed by atoms with Crippen LogP contribution in [0.2, 0.25) is 0 Å². The second-order valence-corrected chi connectivity index (χ2v) is 6.87. The maximum atomic E-state index is 12.2. The van der Waals surface area contributed by atoms with Crippen LogP contribution < -0.4 is 4.72 Å². The van der Waals surface area contributed by atoms with Crippen LogP contribution in [0.25, 0.3) is 0 Å². The Bertz CT molecular complexity index is 796. The van der Waals surface area contributed by atoms with Gasteiger partial charge in [-0.25, -0.2) is 18.4 Å². The van der Waals surface area contributed by atoms with Crippen molar-refractivity contribution < 1.29 is 8.42 Å². The van der Waals surface area contributed by atoms with E-state index in [9.17, 15) is 8.42 Å². The quantitative estimate of drug-likeness (QED) is 0.842. The van der Waals surface area contributed by atoms with E-state index in [1.54, 1.807) is 36.5 Å². The van der Waals surface area contributed by atoms with E-state index in [4.69, 9.17) is 5.26 Å². The lowest BCUT2D eigenvalue weighted by molar-refractivity contribution is 0.600. The van der Waals surface area contributed by atoms with E-state index in [-0.39, 0.29) is 11.7 Å². The normalized spacial score (nSPS) is 11.0. The molecule has 2 aromatic rings. The zero-order chi connectivity index (χ0) is 16.7. The molecule has 7 heteroatoms. The van der Waals surface area contributed by atoms with Gasteiger partial charge in [-0.1, -0.05) is 25.5 Å². The summed E-state index contributed by atoms with van der Waals surface area (Å²) in [4.78, 5) is 8.18. The number of unbranched alkanes of at least 4 members (excludes halogenated alkanes) is 1. The Morgan fingerprint density at radius 1 is 1.22 bits per heavy atom. The highest BCUT2D eigenvalue weighted by atomic mass is 32.2. The number of nitriles is 1. The van der Waals surface area contributed by atoms with Gasteiger partial charge in [-0.15, -0.1) is 0 Å². The molecule has 2 rings (SSSR count). The predicted octanol–water partition coefficient (Wildman–Crippen LogP) is 2.63. The fourth-order valence-corrected chi connectivity index (χ4v) is 3.09. The van der Waals surface area contributed by atoms with Crippen molar-refractivity contribution in [2.24, 2.45) is 0 Å². The van der Waals surface area contributed by atoms with Crippen molar-refractivity contribution in [1.82, 2.24) is 9.97 Å². The Kier molecular flexibility index (Phi) is 5.66. The summed E-state index contributed by atoms with van der Waals surface area (Å²) in [7, 11) is -3.60. The first-order valence-corrected chi connectivity index (χ1v) is 8.99. The molecule has 0 spiro atoms. The van der Waals surface area contributed by atoms with Crippen molar-refractivity contribution in [3.63, 3.8) is 0 Å². The summed E-state index contributed by atoms with van der Waals surface area (Å²) in [6, 6.07) is 10.2. The topological polar surface area (TPSA) is 95.7 Å². The van der Waals surface area contributed by atoms with Gasteiger partial charge in [-0.3, -0.25) is 4.72 Å².